The van der Waals surface area contributed by atoms with Crippen LogP contribution in [0.5, 0.6) is 5.75 Å². The summed E-state index contributed by atoms with van der Waals surface area (Å²) in [6.07, 6.45) is 0. The number of anilines is 1. The number of thiophene rings is 1. The molecule has 30 heavy (non-hydrogen) atoms. The first-order valence-electron chi connectivity index (χ1n) is 9.57. The fourth-order valence-electron chi connectivity index (χ4n) is 3.18. The summed E-state index contributed by atoms with van der Waals surface area (Å²) in [5.74, 6) is 0.570. The zero-order chi connectivity index (χ0) is 21.1. The molecule has 0 aliphatic rings. The predicted octanol–water partition coefficient (Wildman–Crippen LogP) is 5.00. The van der Waals surface area contributed by atoms with Crippen molar-refractivity contribution in [2.75, 3.05) is 12.3 Å². The molecule has 0 bridgehead atoms. The molecular formula is C23H21N3O3S. The molecule has 2 heterocycles. The summed E-state index contributed by atoms with van der Waals surface area (Å²) in [5.41, 5.74) is 9.64. The number of nitrogens with two attached hydrogens (primary N) is 1. The lowest BCUT2D eigenvalue weighted by molar-refractivity contribution is 0.0532. The minimum Gasteiger partial charge on any atom is -0.489 e. The van der Waals surface area contributed by atoms with E-state index in [2.05, 4.69) is 9.97 Å². The zero-order valence-corrected chi connectivity index (χ0v) is 17.5. The minimum absolute atomic E-state index is 0.165. The number of nitrogen functional groups attached to an aromatic ring is 1. The lowest BCUT2D eigenvalue weighted by Gasteiger charge is -2.11. The molecule has 2 aromatic heterocycles. The maximum absolute atomic E-state index is 12.1. The summed E-state index contributed by atoms with van der Waals surface area (Å²) in [5, 5.41) is 0.776. The molecule has 6 nitrogen and oxygen atoms in total. The number of ether oxygens (including phenoxy) is 2. The molecule has 4 aromatic rings. The normalized spacial score (nSPS) is 10.9. The summed E-state index contributed by atoms with van der Waals surface area (Å²) in [4.78, 5) is 22.0. The first-order valence-corrected chi connectivity index (χ1v) is 10.4. The number of aromatic nitrogens is 2. The molecule has 0 aliphatic heterocycles. The largest absolute Gasteiger partial charge is 0.489 e. The van der Waals surface area contributed by atoms with E-state index in [0.29, 0.717) is 28.6 Å². The van der Waals surface area contributed by atoms with Crippen LogP contribution in [-0.2, 0) is 11.3 Å². The van der Waals surface area contributed by atoms with Crippen molar-refractivity contribution < 1.29 is 14.3 Å². The van der Waals surface area contributed by atoms with Gasteiger partial charge in [-0.15, -0.1) is 11.3 Å². The molecule has 0 fully saturated rings. The Hall–Kier alpha value is -3.45. The number of esters is 1. The van der Waals surface area contributed by atoms with Crippen molar-refractivity contribution in [3.8, 4) is 17.0 Å². The minimum atomic E-state index is -0.369. The smallest absolute Gasteiger partial charge is 0.348 e. The second-order valence-electron chi connectivity index (χ2n) is 6.73. The molecule has 152 valence electrons. The van der Waals surface area contributed by atoms with Gasteiger partial charge in [0.15, 0.2) is 0 Å². The second kappa shape index (κ2) is 8.51. The lowest BCUT2D eigenvalue weighted by atomic mass is 10.0. The average Bonchev–Trinajstić information content (AvgIpc) is 3.17. The third kappa shape index (κ3) is 4.11. The number of hydrogen-bond acceptors (Lipinski definition) is 7. The highest BCUT2D eigenvalue weighted by atomic mass is 32.1. The van der Waals surface area contributed by atoms with Gasteiger partial charge in [-0.2, -0.15) is 0 Å². The van der Waals surface area contributed by atoms with Crippen LogP contribution in [0.25, 0.3) is 21.5 Å². The molecule has 0 unspecified atom stereocenters. The molecule has 0 aliphatic carbocycles. The van der Waals surface area contributed by atoms with Crippen LogP contribution >= 0.6 is 11.3 Å². The Morgan fingerprint density at radius 1 is 1.10 bits per heavy atom. The van der Waals surface area contributed by atoms with Gasteiger partial charge in [-0.25, -0.2) is 14.8 Å². The number of hydrogen-bond donors (Lipinski definition) is 1. The maximum atomic E-state index is 12.1. The van der Waals surface area contributed by atoms with E-state index in [1.807, 2.05) is 55.5 Å². The monoisotopic (exact) mass is 419 g/mol. The van der Waals surface area contributed by atoms with E-state index in [0.717, 1.165) is 27.8 Å². The van der Waals surface area contributed by atoms with Crippen LogP contribution in [0.2, 0.25) is 0 Å². The molecule has 0 amide bonds. The summed E-state index contributed by atoms with van der Waals surface area (Å²) in [6.45, 7) is 4.59. The number of fused-ring (bicyclic) bond motifs is 1. The average molecular weight is 420 g/mol. The standard InChI is InChI=1S/C23H21N3O3S/c1-3-28-22(27)19-12-18-20(25-23(24)26-21(18)30-19)17-10-9-16(11-14(17)2)29-13-15-7-5-4-6-8-15/h4-12H,3,13H2,1-2H3,(H2,24,25,26). The van der Waals surface area contributed by atoms with Crippen molar-refractivity contribution in [2.24, 2.45) is 0 Å². The van der Waals surface area contributed by atoms with Gasteiger partial charge in [0.2, 0.25) is 5.95 Å². The molecule has 0 saturated heterocycles. The first-order chi connectivity index (χ1) is 14.5. The Balaban J connectivity index is 1.66. The fourth-order valence-corrected chi connectivity index (χ4v) is 4.11. The van der Waals surface area contributed by atoms with Crippen molar-refractivity contribution in [3.63, 3.8) is 0 Å². The molecule has 0 atom stereocenters. The van der Waals surface area contributed by atoms with E-state index >= 15 is 0 Å². The molecule has 7 heteroatoms. The Morgan fingerprint density at radius 2 is 1.90 bits per heavy atom. The number of nitrogens with zero attached hydrogens (tertiary/aromatic N) is 2. The topological polar surface area (TPSA) is 87.3 Å². The number of rotatable bonds is 6. The molecule has 2 N–H and O–H groups in total. The van der Waals surface area contributed by atoms with Crippen molar-refractivity contribution in [2.45, 2.75) is 20.5 Å². The Morgan fingerprint density at radius 3 is 2.63 bits per heavy atom. The zero-order valence-electron chi connectivity index (χ0n) is 16.7. The van der Waals surface area contributed by atoms with Crippen molar-refractivity contribution in [3.05, 3.63) is 70.6 Å². The third-order valence-corrected chi connectivity index (χ3v) is 5.60. The molecule has 0 saturated carbocycles. The van der Waals surface area contributed by atoms with Crippen LogP contribution in [0.3, 0.4) is 0 Å². The van der Waals surface area contributed by atoms with Crippen LogP contribution in [0.1, 0.15) is 27.7 Å². The maximum Gasteiger partial charge on any atom is 0.348 e. The van der Waals surface area contributed by atoms with Crippen molar-refractivity contribution in [1.29, 1.82) is 0 Å². The van der Waals surface area contributed by atoms with E-state index in [9.17, 15) is 4.79 Å². The van der Waals surface area contributed by atoms with Gasteiger partial charge in [-0.1, -0.05) is 30.3 Å². The summed E-state index contributed by atoms with van der Waals surface area (Å²) in [7, 11) is 0. The van der Waals surface area contributed by atoms with E-state index < -0.39 is 0 Å². The van der Waals surface area contributed by atoms with Gasteiger partial charge in [0, 0.05) is 10.9 Å². The van der Waals surface area contributed by atoms with Gasteiger partial charge in [0.1, 0.15) is 22.1 Å². The van der Waals surface area contributed by atoms with Gasteiger partial charge in [0.05, 0.1) is 12.3 Å². The Labute approximate surface area is 178 Å². The first kappa shape index (κ1) is 19.8. The fraction of sp³-hybridized carbons (Fsp3) is 0.174. The third-order valence-electron chi connectivity index (χ3n) is 4.59. The molecule has 0 radical (unpaired) electrons. The van der Waals surface area contributed by atoms with Gasteiger partial charge in [-0.05, 0) is 49.2 Å². The SMILES string of the molecule is CCOC(=O)c1cc2c(-c3ccc(OCc4ccccc4)cc3C)nc(N)nc2s1. The highest BCUT2D eigenvalue weighted by Gasteiger charge is 2.18. The summed E-state index contributed by atoms with van der Waals surface area (Å²) in [6, 6.07) is 17.6. The van der Waals surface area contributed by atoms with Crippen LogP contribution in [0.4, 0.5) is 5.95 Å². The van der Waals surface area contributed by atoms with E-state index in [1.165, 1.54) is 11.3 Å². The summed E-state index contributed by atoms with van der Waals surface area (Å²) >= 11 is 1.25. The van der Waals surface area contributed by atoms with Gasteiger partial charge >= 0.3 is 5.97 Å². The number of carbonyl (C=O) groups excluding carboxylic acids is 1. The Kier molecular flexibility index (Phi) is 5.63. The van der Waals surface area contributed by atoms with E-state index in [4.69, 9.17) is 15.2 Å². The van der Waals surface area contributed by atoms with E-state index in [1.54, 1.807) is 13.0 Å². The highest BCUT2D eigenvalue weighted by molar-refractivity contribution is 7.20. The number of carbonyl (C=O) groups is 1. The van der Waals surface area contributed by atoms with Crippen LogP contribution in [0.15, 0.2) is 54.6 Å². The quantitative estimate of drug-likeness (QED) is 0.442. The summed E-state index contributed by atoms with van der Waals surface area (Å²) < 4.78 is 11.0. The van der Waals surface area contributed by atoms with Gasteiger partial charge < -0.3 is 15.2 Å². The molecular weight excluding hydrogens is 398 g/mol. The predicted molar refractivity (Wildman–Crippen MR) is 119 cm³/mol. The van der Waals surface area contributed by atoms with Crippen LogP contribution in [-0.4, -0.2) is 22.5 Å². The molecule has 4 rings (SSSR count). The number of aryl methyl sites for hydroxylation is 1. The molecule has 0 spiro atoms. The van der Waals surface area contributed by atoms with Gasteiger partial charge in [0.25, 0.3) is 0 Å². The second-order valence-corrected chi connectivity index (χ2v) is 7.76. The Bertz CT molecular complexity index is 1210. The number of benzene rings is 2. The van der Waals surface area contributed by atoms with Gasteiger partial charge in [-0.3, -0.25) is 0 Å². The molecule has 2 aromatic carbocycles. The van der Waals surface area contributed by atoms with E-state index in [-0.39, 0.29) is 11.9 Å². The van der Waals surface area contributed by atoms with Crippen molar-refractivity contribution in [1.82, 2.24) is 9.97 Å². The van der Waals surface area contributed by atoms with Crippen LogP contribution in [0, 0.1) is 6.92 Å². The van der Waals surface area contributed by atoms with Crippen molar-refractivity contribution >= 4 is 33.5 Å². The van der Waals surface area contributed by atoms with Crippen LogP contribution < -0.4 is 10.5 Å². The highest BCUT2D eigenvalue weighted by Crippen LogP contribution is 2.35. The lowest BCUT2D eigenvalue weighted by Crippen LogP contribution is -2.01.